The molecule has 1 aliphatic heterocycles. The fraction of sp³-hybridized carbons (Fsp3) is 0.429. The molecule has 2 atom stereocenters. The van der Waals surface area contributed by atoms with E-state index in [2.05, 4.69) is 15.6 Å². The number of ether oxygens (including phenoxy) is 2. The summed E-state index contributed by atoms with van der Waals surface area (Å²) < 4.78 is 53.1. The molecule has 2 unspecified atom stereocenters. The van der Waals surface area contributed by atoms with Crippen molar-refractivity contribution in [2.45, 2.75) is 24.4 Å². The summed E-state index contributed by atoms with van der Waals surface area (Å²) in [4.78, 5) is 2.12. The fourth-order valence-electron chi connectivity index (χ4n) is 3.28. The largest absolute Gasteiger partial charge is 0.491 e. The van der Waals surface area contributed by atoms with Crippen LogP contribution in [0.1, 0.15) is 12.0 Å². The topological polar surface area (TPSA) is 136 Å². The molecule has 34 heavy (non-hydrogen) atoms. The maximum Gasteiger partial charge on any atom is 0.229 e. The third-order valence-electron chi connectivity index (χ3n) is 4.57. The first-order valence-electron chi connectivity index (χ1n) is 10.2. The molecule has 0 saturated carbocycles. The predicted molar refractivity (Wildman–Crippen MR) is 132 cm³/mol. The van der Waals surface area contributed by atoms with Crippen molar-refractivity contribution in [3.8, 4) is 11.5 Å². The number of primary sulfonamides is 1. The Bertz CT molecular complexity index is 1120. The highest BCUT2D eigenvalue weighted by atomic mass is 35.7. The number of nitrogens with zero attached hydrogens (tertiary/aromatic N) is 1. The van der Waals surface area contributed by atoms with Crippen LogP contribution in [0, 0.1) is 0 Å². The molecule has 3 N–H and O–H groups in total. The molecule has 1 heterocycles. The van der Waals surface area contributed by atoms with Crippen LogP contribution in [0.4, 0.5) is 0 Å². The van der Waals surface area contributed by atoms with Gasteiger partial charge in [-0.05, 0) is 36.8 Å². The minimum Gasteiger partial charge on any atom is -0.491 e. The molecule has 1 saturated heterocycles. The molecule has 9 nitrogen and oxygen atoms in total. The van der Waals surface area contributed by atoms with Gasteiger partial charge in [0.1, 0.15) is 30.3 Å². The molecule has 1 aliphatic rings. The molecule has 13 heteroatoms. The lowest BCUT2D eigenvalue weighted by molar-refractivity contribution is 0.0717. The molecule has 1 fully saturated rings. The van der Waals surface area contributed by atoms with Crippen molar-refractivity contribution >= 4 is 41.4 Å². The van der Waals surface area contributed by atoms with E-state index >= 15 is 0 Å². The van der Waals surface area contributed by atoms with Gasteiger partial charge in [0.15, 0.2) is 0 Å². The zero-order valence-corrected chi connectivity index (χ0v) is 21.7. The summed E-state index contributed by atoms with van der Waals surface area (Å²) in [6.07, 6.45) is 1.13. The van der Waals surface area contributed by atoms with E-state index in [0.717, 1.165) is 25.0 Å². The van der Waals surface area contributed by atoms with Gasteiger partial charge in [0.05, 0.1) is 12.0 Å². The van der Waals surface area contributed by atoms with Crippen LogP contribution in [0.2, 0.25) is 5.02 Å². The third kappa shape index (κ3) is 12.2. The molecule has 0 spiro atoms. The lowest BCUT2D eigenvalue weighted by Gasteiger charge is -2.21. The Morgan fingerprint density at radius 2 is 1.76 bits per heavy atom. The lowest BCUT2D eigenvalue weighted by Crippen LogP contribution is -2.35. The van der Waals surface area contributed by atoms with Crippen LogP contribution in [0.15, 0.2) is 48.5 Å². The molecule has 2 aromatic carbocycles. The van der Waals surface area contributed by atoms with E-state index < -0.39 is 25.2 Å². The van der Waals surface area contributed by atoms with Crippen LogP contribution in [-0.2, 0) is 24.8 Å². The fourth-order valence-corrected chi connectivity index (χ4v) is 4.08. The Balaban J connectivity index is 0.000000739. The summed E-state index contributed by atoms with van der Waals surface area (Å²) in [5, 5.41) is 16.1. The zero-order chi connectivity index (χ0) is 25.4. The Hall–Kier alpha value is -1.60. The van der Waals surface area contributed by atoms with Crippen molar-refractivity contribution in [3.05, 3.63) is 59.1 Å². The number of rotatable bonds is 9. The van der Waals surface area contributed by atoms with Crippen LogP contribution >= 0.6 is 22.3 Å². The number of nitrogens with two attached hydrogens (primary N) is 1. The molecule has 3 rings (SSSR count). The van der Waals surface area contributed by atoms with Gasteiger partial charge in [0, 0.05) is 40.9 Å². The highest BCUT2D eigenvalue weighted by molar-refractivity contribution is 8.13. The van der Waals surface area contributed by atoms with Crippen LogP contribution in [0.3, 0.4) is 0 Å². The van der Waals surface area contributed by atoms with E-state index in [1.807, 2.05) is 12.1 Å². The van der Waals surface area contributed by atoms with Crippen molar-refractivity contribution in [1.82, 2.24) is 4.90 Å². The summed E-state index contributed by atoms with van der Waals surface area (Å²) in [5.41, 5.74) is 0.472. The first-order valence-corrected chi connectivity index (χ1v) is 15.0. The molecule has 0 bridgehead atoms. The zero-order valence-electron chi connectivity index (χ0n) is 18.5. The number of aliphatic hydroxyl groups is 1. The van der Waals surface area contributed by atoms with Gasteiger partial charge < -0.3 is 14.6 Å². The lowest BCUT2D eigenvalue weighted by atomic mass is 10.2. The number of sulfonamides is 1. The van der Waals surface area contributed by atoms with Crippen molar-refractivity contribution in [2.24, 2.45) is 5.14 Å². The minimum absolute atomic E-state index is 0.0554. The van der Waals surface area contributed by atoms with E-state index in [9.17, 15) is 21.9 Å². The number of hydrogen-bond donors (Lipinski definition) is 2. The average Bonchev–Trinajstić information content (AvgIpc) is 3.13. The normalized spacial score (nSPS) is 17.5. The van der Waals surface area contributed by atoms with Crippen LogP contribution in [0.25, 0.3) is 0 Å². The second kappa shape index (κ2) is 12.9. The molecule has 0 aromatic heterocycles. The molecule has 190 valence electrons. The number of hydrogen-bond acceptors (Lipinski definition) is 8. The van der Waals surface area contributed by atoms with Gasteiger partial charge in [-0.2, -0.15) is 0 Å². The van der Waals surface area contributed by atoms with Crippen LogP contribution in [-0.4, -0.2) is 71.5 Å². The smallest absolute Gasteiger partial charge is 0.229 e. The van der Waals surface area contributed by atoms with Crippen molar-refractivity contribution in [1.29, 1.82) is 0 Å². The third-order valence-corrected chi connectivity index (χ3v) is 5.54. The van der Waals surface area contributed by atoms with Gasteiger partial charge in [0.25, 0.3) is 0 Å². The number of β-amino-alcohol motifs (C(OH)–C–C–N with tert-alkyl or cyclic N) is 1. The Morgan fingerprint density at radius 3 is 2.38 bits per heavy atom. The number of benzene rings is 2. The van der Waals surface area contributed by atoms with Gasteiger partial charge in [0.2, 0.25) is 19.1 Å². The molecule has 0 aliphatic carbocycles. The second-order valence-electron chi connectivity index (χ2n) is 7.80. The average molecular weight is 556 g/mol. The van der Waals surface area contributed by atoms with E-state index in [1.54, 1.807) is 36.4 Å². The van der Waals surface area contributed by atoms with Crippen molar-refractivity contribution in [3.63, 3.8) is 0 Å². The summed E-state index contributed by atoms with van der Waals surface area (Å²) in [6, 6.07) is 14.0. The monoisotopic (exact) mass is 554 g/mol. The van der Waals surface area contributed by atoms with E-state index in [1.165, 1.54) is 0 Å². The standard InChI is InChI=1S/C20H25ClN2O5S.CH3ClO2S/c21-16-5-7-18(8-6-16)28-19-9-10-23(12-19)11-17(24)13-27-20-4-2-1-3-15(20)14-29(22,25)26;1-5(2,3)4/h1-8,17,19,24H,9-14H2,(H2,22,25,26);1H3. The Morgan fingerprint density at radius 1 is 1.15 bits per heavy atom. The van der Waals surface area contributed by atoms with Crippen molar-refractivity contribution in [2.75, 3.05) is 32.5 Å². The number of halogens is 2. The van der Waals surface area contributed by atoms with Crippen LogP contribution < -0.4 is 14.6 Å². The second-order valence-corrected chi connectivity index (χ2v) is 12.9. The first-order chi connectivity index (χ1) is 15.8. The van der Waals surface area contributed by atoms with Gasteiger partial charge in [-0.15, -0.1) is 0 Å². The number of likely N-dealkylation sites (tertiary alicyclic amines) is 1. The highest BCUT2D eigenvalue weighted by Crippen LogP contribution is 2.22. The summed E-state index contributed by atoms with van der Waals surface area (Å²) in [6.45, 7) is 2.03. The minimum atomic E-state index is -3.66. The Kier molecular flexibility index (Phi) is 10.9. The summed E-state index contributed by atoms with van der Waals surface area (Å²) in [7, 11) is -2.36. The molecule has 2 aromatic rings. The van der Waals surface area contributed by atoms with E-state index in [0.29, 0.717) is 29.4 Å². The highest BCUT2D eigenvalue weighted by Gasteiger charge is 2.26. The van der Waals surface area contributed by atoms with E-state index in [-0.39, 0.29) is 18.5 Å². The molecule has 0 amide bonds. The van der Waals surface area contributed by atoms with Gasteiger partial charge in [-0.3, -0.25) is 4.90 Å². The first kappa shape index (κ1) is 28.6. The molecular weight excluding hydrogens is 527 g/mol. The molecule has 0 radical (unpaired) electrons. The quantitative estimate of drug-likeness (QED) is 0.450. The maximum absolute atomic E-state index is 11.3. The Labute approximate surface area is 209 Å². The summed E-state index contributed by atoms with van der Waals surface area (Å²) >= 11 is 5.88. The molecular formula is C21H28Cl2N2O7S2. The summed E-state index contributed by atoms with van der Waals surface area (Å²) in [5.74, 6) is 0.873. The van der Waals surface area contributed by atoms with Crippen LogP contribution in [0.5, 0.6) is 11.5 Å². The predicted octanol–water partition coefficient (Wildman–Crippen LogP) is 2.21. The van der Waals surface area contributed by atoms with E-state index in [4.69, 9.17) is 26.2 Å². The van der Waals surface area contributed by atoms with Gasteiger partial charge >= 0.3 is 0 Å². The maximum atomic E-state index is 11.3. The van der Waals surface area contributed by atoms with Gasteiger partial charge in [-0.1, -0.05) is 29.8 Å². The number of aliphatic hydroxyl groups excluding tert-OH is 1. The number of para-hydroxylation sites is 1. The van der Waals surface area contributed by atoms with Gasteiger partial charge in [-0.25, -0.2) is 22.0 Å². The van der Waals surface area contributed by atoms with Crippen molar-refractivity contribution < 1.29 is 31.4 Å². The SMILES string of the molecule is CS(=O)(=O)Cl.NS(=O)(=O)Cc1ccccc1OCC(O)CN1CCC(Oc2ccc(Cl)cc2)C1.